The van der Waals surface area contributed by atoms with Crippen molar-refractivity contribution in [3.63, 3.8) is 0 Å². The van der Waals surface area contributed by atoms with Crippen molar-refractivity contribution in [2.75, 3.05) is 40.3 Å². The summed E-state index contributed by atoms with van der Waals surface area (Å²) in [6.07, 6.45) is 4.28. The van der Waals surface area contributed by atoms with E-state index in [2.05, 4.69) is 18.9 Å². The molecule has 11 nitrogen and oxygen atoms in total. The third-order valence-electron chi connectivity index (χ3n) is 10.4. The van der Waals surface area contributed by atoms with E-state index in [0.717, 1.165) is 53.0 Å². The molecular formula is C30H42N5O6+. The lowest BCUT2D eigenvalue weighted by Gasteiger charge is -2.65. The summed E-state index contributed by atoms with van der Waals surface area (Å²) in [4.78, 5) is 37.4. The molecule has 6 N–H and O–H groups in total. The molecule has 6 rings (SSSR count). The van der Waals surface area contributed by atoms with E-state index in [1.807, 2.05) is 6.07 Å². The van der Waals surface area contributed by atoms with Crippen LogP contribution in [0.2, 0.25) is 0 Å². The second-order valence-electron chi connectivity index (χ2n) is 13.1. The number of piperidine rings is 1. The minimum Gasteiger partial charge on any atom is -0.481 e. The Balaban J connectivity index is 1.22. The largest absolute Gasteiger partial charge is 0.481 e. The number of aliphatic hydroxyl groups is 1. The number of nitrogens with zero attached hydrogens (tertiary/aromatic N) is 2. The number of likely N-dealkylation sites (N-methyl/N-ethyl adjacent to an activating group) is 2. The molecule has 0 aromatic heterocycles. The molecule has 1 unspecified atom stereocenters. The highest BCUT2D eigenvalue weighted by Crippen LogP contribution is 2.67. The minimum absolute atomic E-state index is 0.0836. The molecule has 3 aliphatic carbocycles. The van der Waals surface area contributed by atoms with Crippen LogP contribution < -0.4 is 26.3 Å². The first-order valence-electron chi connectivity index (χ1n) is 14.7. The van der Waals surface area contributed by atoms with Crippen LogP contribution in [0.3, 0.4) is 0 Å². The quantitative estimate of drug-likeness (QED) is 0.252. The predicted octanol–water partition coefficient (Wildman–Crippen LogP) is 0.701. The summed E-state index contributed by atoms with van der Waals surface area (Å²) in [5.74, 6) is 0.437. The van der Waals surface area contributed by atoms with Gasteiger partial charge in [-0.15, -0.1) is 0 Å². The second-order valence-corrected chi connectivity index (χ2v) is 13.1. The number of carbonyl (C=O) groups is 3. The molecule has 222 valence electrons. The van der Waals surface area contributed by atoms with E-state index >= 15 is 0 Å². The standard InChI is InChI=1S/C30H41N5O6/c1-17-8-9-30(39)22-14-19-6-7-21(40-28(38)34(2)12-11-33-27(37)20(31)15-23(32)36)25-24(19)29(30,26(17)41-25)10-13-35(22,3)16-18-4-5-18/h6-7,18,20,22,26,39H,1,4-5,8-16,31H2,2-3H3,(H2-,32,33,36,37)/p+1/t20-,22-,26-,29-,30+,35?/m0/s1. The highest BCUT2D eigenvalue weighted by molar-refractivity contribution is 5.87. The zero-order valence-electron chi connectivity index (χ0n) is 24.0. The average Bonchev–Trinajstić information content (AvgIpc) is 3.64. The molecular weight excluding hydrogens is 526 g/mol. The third-order valence-corrected chi connectivity index (χ3v) is 10.4. The Bertz CT molecular complexity index is 1310. The molecule has 1 aromatic carbocycles. The summed E-state index contributed by atoms with van der Waals surface area (Å²) >= 11 is 0. The van der Waals surface area contributed by atoms with E-state index in [4.69, 9.17) is 20.9 Å². The number of rotatable bonds is 9. The van der Waals surface area contributed by atoms with Crippen LogP contribution in [0.5, 0.6) is 11.5 Å². The molecule has 1 spiro atoms. The normalized spacial score (nSPS) is 33.3. The van der Waals surface area contributed by atoms with Crippen LogP contribution in [0.4, 0.5) is 4.79 Å². The number of hydrogen-bond acceptors (Lipinski definition) is 7. The summed E-state index contributed by atoms with van der Waals surface area (Å²) in [6, 6.07) is 2.88. The average molecular weight is 569 g/mol. The SMILES string of the molecule is C=C1CC[C@@]2(O)[C@@H]3Cc4ccc(OC(=O)N(C)CCNC(=O)[C@@H](N)CC(N)=O)c5c4[C@@]2(CC[N+]3(C)CC2CC2)[C@H]1O5. The number of ether oxygens (including phenoxy) is 2. The van der Waals surface area contributed by atoms with E-state index in [1.165, 1.54) is 17.7 Å². The van der Waals surface area contributed by atoms with Gasteiger partial charge in [0.1, 0.15) is 17.7 Å². The van der Waals surface area contributed by atoms with Crippen molar-refractivity contribution in [2.24, 2.45) is 17.4 Å². The van der Waals surface area contributed by atoms with Crippen LogP contribution in [-0.2, 0) is 21.4 Å². The first-order valence-corrected chi connectivity index (χ1v) is 14.7. The van der Waals surface area contributed by atoms with Crippen molar-refractivity contribution in [3.05, 3.63) is 35.4 Å². The first kappa shape index (κ1) is 28.0. The van der Waals surface area contributed by atoms with Crippen LogP contribution in [0.25, 0.3) is 0 Å². The molecule has 3 fully saturated rings. The maximum Gasteiger partial charge on any atom is 0.415 e. The number of amides is 3. The number of benzene rings is 1. The van der Waals surface area contributed by atoms with E-state index in [9.17, 15) is 19.5 Å². The van der Waals surface area contributed by atoms with Gasteiger partial charge in [0.25, 0.3) is 0 Å². The lowest BCUT2D eigenvalue weighted by atomic mass is 9.48. The maximum atomic E-state index is 13.1. The van der Waals surface area contributed by atoms with Crippen LogP contribution in [0, 0.1) is 5.92 Å². The Morgan fingerprint density at radius 1 is 1.32 bits per heavy atom. The van der Waals surface area contributed by atoms with E-state index in [-0.39, 0.29) is 31.7 Å². The topological polar surface area (TPSA) is 157 Å². The number of likely N-dealkylation sites (tertiary alicyclic amines) is 1. The summed E-state index contributed by atoms with van der Waals surface area (Å²) in [5, 5.41) is 15.3. The van der Waals surface area contributed by atoms with Gasteiger partial charge in [0.05, 0.1) is 38.0 Å². The van der Waals surface area contributed by atoms with E-state index < -0.39 is 35.0 Å². The smallest absolute Gasteiger partial charge is 0.415 e. The monoisotopic (exact) mass is 568 g/mol. The van der Waals surface area contributed by atoms with Crippen molar-refractivity contribution in [1.82, 2.24) is 10.2 Å². The summed E-state index contributed by atoms with van der Waals surface area (Å²) in [5.41, 5.74) is 12.4. The molecule has 2 bridgehead atoms. The zero-order valence-corrected chi connectivity index (χ0v) is 24.0. The van der Waals surface area contributed by atoms with Gasteiger partial charge >= 0.3 is 6.09 Å². The summed E-state index contributed by atoms with van der Waals surface area (Å²) < 4.78 is 13.4. The van der Waals surface area contributed by atoms with E-state index in [0.29, 0.717) is 24.3 Å². The van der Waals surface area contributed by atoms with E-state index in [1.54, 1.807) is 13.1 Å². The van der Waals surface area contributed by atoms with Crippen molar-refractivity contribution in [3.8, 4) is 11.5 Å². The Hall–Kier alpha value is -3.15. The van der Waals surface area contributed by atoms with Gasteiger partial charge in [-0.2, -0.15) is 0 Å². The van der Waals surface area contributed by atoms with Gasteiger partial charge in [0.15, 0.2) is 11.5 Å². The Morgan fingerprint density at radius 3 is 2.78 bits per heavy atom. The van der Waals surface area contributed by atoms with Gasteiger partial charge in [-0.3, -0.25) is 9.59 Å². The molecule has 3 amide bonds. The van der Waals surface area contributed by atoms with Crippen molar-refractivity contribution in [2.45, 2.75) is 74.1 Å². The number of hydrogen-bond donors (Lipinski definition) is 4. The van der Waals surface area contributed by atoms with Gasteiger partial charge in [0, 0.05) is 44.5 Å². The van der Waals surface area contributed by atoms with Crippen LogP contribution in [0.1, 0.15) is 49.7 Å². The molecule has 2 aliphatic heterocycles. The fourth-order valence-electron chi connectivity index (χ4n) is 8.19. The fourth-order valence-corrected chi connectivity index (χ4v) is 8.19. The van der Waals surface area contributed by atoms with Gasteiger partial charge in [-0.25, -0.2) is 4.79 Å². The molecule has 11 heteroatoms. The molecule has 2 saturated carbocycles. The van der Waals surface area contributed by atoms with Crippen LogP contribution in [0.15, 0.2) is 24.3 Å². The van der Waals surface area contributed by atoms with Crippen LogP contribution >= 0.6 is 0 Å². The molecule has 1 saturated heterocycles. The number of nitrogens with two attached hydrogens (primary N) is 2. The predicted molar refractivity (Wildman–Crippen MR) is 150 cm³/mol. The highest BCUT2D eigenvalue weighted by atomic mass is 16.6. The number of quaternary nitrogens is 1. The third kappa shape index (κ3) is 4.31. The van der Waals surface area contributed by atoms with Crippen molar-refractivity contribution >= 4 is 17.9 Å². The number of nitrogens with one attached hydrogen (secondary N) is 1. The van der Waals surface area contributed by atoms with Gasteiger partial charge in [-0.1, -0.05) is 12.6 Å². The molecule has 41 heavy (non-hydrogen) atoms. The highest BCUT2D eigenvalue weighted by Gasteiger charge is 2.75. The first-order chi connectivity index (χ1) is 19.4. The van der Waals surface area contributed by atoms with Crippen molar-refractivity contribution < 1.29 is 33.4 Å². The molecule has 5 aliphatic rings. The van der Waals surface area contributed by atoms with Crippen LogP contribution in [-0.4, -0.2) is 96.5 Å². The van der Waals surface area contributed by atoms with Gasteiger partial charge in [-0.05, 0) is 42.9 Å². The molecule has 2 heterocycles. The molecule has 6 atom stereocenters. The molecule has 0 radical (unpaired) electrons. The zero-order chi connectivity index (χ0) is 29.3. The summed E-state index contributed by atoms with van der Waals surface area (Å²) in [6.45, 7) is 6.73. The number of primary amides is 1. The Labute approximate surface area is 240 Å². The minimum atomic E-state index is -1.04. The second kappa shape index (κ2) is 9.71. The lowest BCUT2D eigenvalue weighted by molar-refractivity contribution is -0.950. The Morgan fingerprint density at radius 2 is 2.07 bits per heavy atom. The van der Waals surface area contributed by atoms with Gasteiger partial charge in [0.2, 0.25) is 11.8 Å². The Kier molecular flexibility index (Phi) is 6.63. The number of carbonyl (C=O) groups excluding carboxylic acids is 3. The fraction of sp³-hybridized carbons (Fsp3) is 0.633. The summed E-state index contributed by atoms with van der Waals surface area (Å²) in [7, 11) is 3.90. The maximum absolute atomic E-state index is 13.1. The lowest BCUT2D eigenvalue weighted by Crippen LogP contribution is -2.80. The molecule has 1 aromatic rings. The van der Waals surface area contributed by atoms with Gasteiger partial charge < -0.3 is 40.7 Å². The van der Waals surface area contributed by atoms with Crippen molar-refractivity contribution in [1.29, 1.82) is 0 Å².